The highest BCUT2D eigenvalue weighted by atomic mass is 35.5. The van der Waals surface area contributed by atoms with E-state index in [0.29, 0.717) is 0 Å². The van der Waals surface area contributed by atoms with Gasteiger partial charge in [0.05, 0.1) is 12.4 Å². The van der Waals surface area contributed by atoms with Crippen molar-refractivity contribution in [2.75, 3.05) is 0 Å². The van der Waals surface area contributed by atoms with E-state index >= 15 is 0 Å². The number of amides is 2. The maximum absolute atomic E-state index is 11.2. The molecule has 0 saturated heterocycles. The number of hydrogen-bond donors (Lipinski definition) is 2. The molecule has 0 unspecified atom stereocenters. The number of rotatable bonds is 1. The summed E-state index contributed by atoms with van der Waals surface area (Å²) in [6, 6.07) is 0. The first-order valence-electron chi connectivity index (χ1n) is 3.64. The van der Waals surface area contributed by atoms with Gasteiger partial charge in [-0.15, -0.1) is 0 Å². The smallest absolute Gasteiger partial charge is 0.274 e. The maximum Gasteiger partial charge on any atom is 0.289 e. The molecule has 0 radical (unpaired) electrons. The van der Waals surface area contributed by atoms with Gasteiger partial charge in [0.15, 0.2) is 0 Å². The molecule has 0 spiro atoms. The highest BCUT2D eigenvalue weighted by molar-refractivity contribution is 6.29. The van der Waals surface area contributed by atoms with Crippen LogP contribution in [0.4, 0.5) is 0 Å². The predicted molar refractivity (Wildman–Crippen MR) is 48.3 cm³/mol. The van der Waals surface area contributed by atoms with E-state index in [1.807, 2.05) is 0 Å². The fraction of sp³-hybridized carbons (Fsp3) is 0.143. The summed E-state index contributed by atoms with van der Waals surface area (Å²) in [5.74, 6) is -0.955. The van der Waals surface area contributed by atoms with Gasteiger partial charge in [0.2, 0.25) is 5.91 Å². The average molecular weight is 215 g/mol. The van der Waals surface area contributed by atoms with Crippen LogP contribution in [0.3, 0.4) is 0 Å². The van der Waals surface area contributed by atoms with Crippen molar-refractivity contribution in [2.24, 2.45) is 0 Å². The molecule has 2 amide bonds. The van der Waals surface area contributed by atoms with Gasteiger partial charge in [0.1, 0.15) is 10.8 Å². The molecular formula is C7H7ClN4O2. The van der Waals surface area contributed by atoms with Crippen LogP contribution in [-0.4, -0.2) is 21.8 Å². The molecule has 1 aromatic heterocycles. The quantitative estimate of drug-likeness (QED) is 0.640. The predicted octanol–water partition coefficient (Wildman–Crippen LogP) is -0.0891. The lowest BCUT2D eigenvalue weighted by Crippen LogP contribution is -2.40. The topological polar surface area (TPSA) is 84.0 Å². The summed E-state index contributed by atoms with van der Waals surface area (Å²) in [5.41, 5.74) is 4.27. The minimum absolute atomic E-state index is 0.0336. The lowest BCUT2D eigenvalue weighted by atomic mass is 10.4. The second-order valence-corrected chi connectivity index (χ2v) is 2.75. The molecule has 14 heavy (non-hydrogen) atoms. The summed E-state index contributed by atoms with van der Waals surface area (Å²) < 4.78 is 0. The van der Waals surface area contributed by atoms with Gasteiger partial charge in [0, 0.05) is 6.92 Å². The minimum atomic E-state index is -0.574. The number of nitrogens with zero attached hydrogens (tertiary/aromatic N) is 2. The van der Waals surface area contributed by atoms with Gasteiger partial charge in [-0.1, -0.05) is 11.6 Å². The van der Waals surface area contributed by atoms with Crippen molar-refractivity contribution in [3.63, 3.8) is 0 Å². The number of carbonyl (C=O) groups excluding carboxylic acids is 2. The number of hydrogen-bond acceptors (Lipinski definition) is 4. The molecule has 6 nitrogen and oxygen atoms in total. The van der Waals surface area contributed by atoms with Crippen LogP contribution < -0.4 is 10.9 Å². The summed E-state index contributed by atoms with van der Waals surface area (Å²) >= 11 is 5.51. The van der Waals surface area contributed by atoms with Crippen molar-refractivity contribution < 1.29 is 9.59 Å². The first kappa shape index (κ1) is 10.4. The third kappa shape index (κ3) is 2.98. The molecule has 0 aliphatic carbocycles. The zero-order valence-corrected chi connectivity index (χ0v) is 8.00. The molecule has 2 N–H and O–H groups in total. The Bertz CT molecular complexity index is 368. The van der Waals surface area contributed by atoms with E-state index in [9.17, 15) is 9.59 Å². The number of carbonyl (C=O) groups is 2. The van der Waals surface area contributed by atoms with Crippen LogP contribution in [0.15, 0.2) is 12.4 Å². The molecule has 0 saturated carbocycles. The average Bonchev–Trinajstić information content (AvgIpc) is 2.14. The summed E-state index contributed by atoms with van der Waals surface area (Å²) in [6.45, 7) is 1.27. The lowest BCUT2D eigenvalue weighted by molar-refractivity contribution is -0.119. The molecule has 1 rings (SSSR count). The Morgan fingerprint density at radius 1 is 1.36 bits per heavy atom. The summed E-state index contributed by atoms with van der Waals surface area (Å²) in [5, 5.41) is 0.112. The van der Waals surface area contributed by atoms with Crippen molar-refractivity contribution in [1.29, 1.82) is 0 Å². The van der Waals surface area contributed by atoms with Gasteiger partial charge < -0.3 is 0 Å². The molecule has 0 aromatic carbocycles. The van der Waals surface area contributed by atoms with E-state index < -0.39 is 5.91 Å². The number of nitrogens with one attached hydrogen (secondary N) is 2. The first-order valence-corrected chi connectivity index (χ1v) is 4.02. The van der Waals surface area contributed by atoms with Crippen LogP contribution in [0, 0.1) is 0 Å². The highest BCUT2D eigenvalue weighted by Gasteiger charge is 2.07. The van der Waals surface area contributed by atoms with Gasteiger partial charge in [-0.2, -0.15) is 0 Å². The maximum atomic E-state index is 11.2. The van der Waals surface area contributed by atoms with E-state index in [1.54, 1.807) is 0 Å². The molecule has 74 valence electrons. The monoisotopic (exact) mass is 214 g/mol. The number of aromatic nitrogens is 2. The normalized spacial score (nSPS) is 9.29. The molecule has 0 fully saturated rings. The third-order valence-corrected chi connectivity index (χ3v) is 1.37. The third-order valence-electron chi connectivity index (χ3n) is 1.19. The van der Waals surface area contributed by atoms with Crippen LogP contribution in [0.1, 0.15) is 17.4 Å². The van der Waals surface area contributed by atoms with Crippen LogP contribution in [0.25, 0.3) is 0 Å². The molecule has 1 heterocycles. The van der Waals surface area contributed by atoms with Crippen LogP contribution in [0.2, 0.25) is 5.15 Å². The van der Waals surface area contributed by atoms with Gasteiger partial charge in [-0.05, 0) is 0 Å². The van der Waals surface area contributed by atoms with Crippen LogP contribution in [0.5, 0.6) is 0 Å². The van der Waals surface area contributed by atoms with E-state index in [4.69, 9.17) is 11.6 Å². The van der Waals surface area contributed by atoms with Crippen molar-refractivity contribution in [3.8, 4) is 0 Å². The SMILES string of the molecule is CC(=O)NNC(=O)c1cncc(Cl)n1. The largest absolute Gasteiger partial charge is 0.289 e. The van der Waals surface area contributed by atoms with Crippen molar-refractivity contribution in [2.45, 2.75) is 6.92 Å². The van der Waals surface area contributed by atoms with Gasteiger partial charge in [-0.25, -0.2) is 4.98 Å². The first-order chi connectivity index (χ1) is 6.59. The minimum Gasteiger partial charge on any atom is -0.274 e. The van der Waals surface area contributed by atoms with Gasteiger partial charge in [0.25, 0.3) is 5.91 Å². The molecule has 0 atom stereocenters. The molecule has 0 bridgehead atoms. The Hall–Kier alpha value is -1.69. The van der Waals surface area contributed by atoms with E-state index in [1.165, 1.54) is 19.3 Å². The Labute approximate surface area is 84.7 Å². The molecule has 1 aromatic rings. The zero-order chi connectivity index (χ0) is 10.6. The lowest BCUT2D eigenvalue weighted by Gasteiger charge is -2.03. The fourth-order valence-corrected chi connectivity index (χ4v) is 0.808. The number of halogens is 1. The standard InChI is InChI=1S/C7H7ClN4O2/c1-4(13)11-12-7(14)5-2-9-3-6(8)10-5/h2-3H,1H3,(H,11,13)(H,12,14). The van der Waals surface area contributed by atoms with E-state index in [2.05, 4.69) is 20.8 Å². The van der Waals surface area contributed by atoms with Crippen molar-refractivity contribution in [1.82, 2.24) is 20.8 Å². The number of hydrazine groups is 1. The highest BCUT2D eigenvalue weighted by Crippen LogP contribution is 2.01. The van der Waals surface area contributed by atoms with E-state index in [0.717, 1.165) is 0 Å². The van der Waals surface area contributed by atoms with E-state index in [-0.39, 0.29) is 16.8 Å². The van der Waals surface area contributed by atoms with Crippen molar-refractivity contribution in [3.05, 3.63) is 23.2 Å². The van der Waals surface area contributed by atoms with Gasteiger partial charge in [-0.3, -0.25) is 25.4 Å². The zero-order valence-electron chi connectivity index (χ0n) is 7.24. The molecular weight excluding hydrogens is 208 g/mol. The second-order valence-electron chi connectivity index (χ2n) is 2.36. The Morgan fingerprint density at radius 2 is 2.07 bits per heavy atom. The Kier molecular flexibility index (Phi) is 3.35. The summed E-state index contributed by atoms with van der Waals surface area (Å²) in [6.07, 6.45) is 2.54. The fourth-order valence-electron chi connectivity index (χ4n) is 0.660. The molecule has 0 aliphatic heterocycles. The van der Waals surface area contributed by atoms with Crippen LogP contribution >= 0.6 is 11.6 Å². The van der Waals surface area contributed by atoms with Gasteiger partial charge >= 0.3 is 0 Å². The van der Waals surface area contributed by atoms with Crippen molar-refractivity contribution >= 4 is 23.4 Å². The summed E-state index contributed by atoms with van der Waals surface area (Å²) in [7, 11) is 0. The Balaban J connectivity index is 2.65. The summed E-state index contributed by atoms with van der Waals surface area (Å²) in [4.78, 5) is 29.0. The van der Waals surface area contributed by atoms with Crippen LogP contribution in [-0.2, 0) is 4.79 Å². The molecule has 7 heteroatoms. The second kappa shape index (κ2) is 4.52. The Morgan fingerprint density at radius 3 is 2.64 bits per heavy atom. The molecule has 0 aliphatic rings.